The van der Waals surface area contributed by atoms with Crippen LogP contribution in [0.3, 0.4) is 0 Å². The number of esters is 1. The molecule has 1 rings (SSSR count). The molecule has 3 heteroatoms. The van der Waals surface area contributed by atoms with Gasteiger partial charge < -0.3 is 4.74 Å². The molecule has 0 heterocycles. The molecule has 0 aliphatic heterocycles. The first kappa shape index (κ1) is 16.7. The van der Waals surface area contributed by atoms with Gasteiger partial charge in [-0.25, -0.2) is 0 Å². The number of para-hydroxylation sites is 1. The van der Waals surface area contributed by atoms with Gasteiger partial charge in [-0.2, -0.15) is 12.6 Å². The second kappa shape index (κ2) is 9.50. The Kier molecular flexibility index (Phi) is 7.91. The molecule has 0 radical (unpaired) electrons. The maximum atomic E-state index is 11.1. The van der Waals surface area contributed by atoms with E-state index in [1.54, 1.807) is 6.07 Å². The molecule has 1 aromatic rings. The number of hydrogen-bond acceptors (Lipinski definition) is 3. The maximum absolute atomic E-state index is 11.1. The van der Waals surface area contributed by atoms with Crippen molar-refractivity contribution in [2.24, 2.45) is 0 Å². The van der Waals surface area contributed by atoms with Gasteiger partial charge in [0, 0.05) is 18.9 Å². The zero-order valence-electron chi connectivity index (χ0n) is 12.2. The Balaban J connectivity index is 2.61. The van der Waals surface area contributed by atoms with Crippen LogP contribution >= 0.6 is 12.6 Å². The van der Waals surface area contributed by atoms with Gasteiger partial charge in [-0.05, 0) is 12.5 Å². The normalized spacial score (nSPS) is 11.3. The Hall–Kier alpha value is -1.40. The van der Waals surface area contributed by atoms with Gasteiger partial charge in [0.05, 0.1) is 5.25 Å². The van der Waals surface area contributed by atoms with Gasteiger partial charge in [-0.3, -0.25) is 4.79 Å². The Morgan fingerprint density at radius 1 is 1.30 bits per heavy atom. The summed E-state index contributed by atoms with van der Waals surface area (Å²) in [4.78, 5) is 11.1. The van der Waals surface area contributed by atoms with Crippen molar-refractivity contribution in [2.45, 2.75) is 51.2 Å². The van der Waals surface area contributed by atoms with Crippen LogP contribution < -0.4 is 4.74 Å². The first-order valence-electron chi connectivity index (χ1n) is 7.09. The van der Waals surface area contributed by atoms with E-state index in [1.807, 2.05) is 18.2 Å². The molecular formula is C17H22O2S. The lowest BCUT2D eigenvalue weighted by Gasteiger charge is -2.10. The van der Waals surface area contributed by atoms with Crippen molar-refractivity contribution in [3.63, 3.8) is 0 Å². The van der Waals surface area contributed by atoms with Gasteiger partial charge in [-0.1, -0.05) is 50.3 Å². The first-order chi connectivity index (χ1) is 9.65. The van der Waals surface area contributed by atoms with Crippen molar-refractivity contribution in [1.82, 2.24) is 0 Å². The van der Waals surface area contributed by atoms with Crippen LogP contribution in [0, 0.1) is 11.8 Å². The lowest BCUT2D eigenvalue weighted by Crippen LogP contribution is -2.04. The molecule has 2 nitrogen and oxygen atoms in total. The molecule has 0 aliphatic rings. The van der Waals surface area contributed by atoms with Crippen LogP contribution in [0.15, 0.2) is 24.3 Å². The van der Waals surface area contributed by atoms with Crippen molar-refractivity contribution in [2.75, 3.05) is 0 Å². The second-order valence-electron chi connectivity index (χ2n) is 4.67. The highest BCUT2D eigenvalue weighted by Gasteiger charge is 2.10. The molecule has 0 N–H and O–H groups in total. The first-order valence-corrected chi connectivity index (χ1v) is 7.60. The molecule has 0 aromatic heterocycles. The fourth-order valence-electron chi connectivity index (χ4n) is 1.84. The summed E-state index contributed by atoms with van der Waals surface area (Å²) in [5.74, 6) is 6.48. The number of thiol groups is 1. The van der Waals surface area contributed by atoms with E-state index in [0.717, 1.165) is 18.4 Å². The average molecular weight is 290 g/mol. The van der Waals surface area contributed by atoms with E-state index in [2.05, 4.69) is 31.4 Å². The van der Waals surface area contributed by atoms with E-state index < -0.39 is 0 Å². The van der Waals surface area contributed by atoms with Crippen molar-refractivity contribution in [3.05, 3.63) is 29.8 Å². The van der Waals surface area contributed by atoms with E-state index in [9.17, 15) is 4.79 Å². The van der Waals surface area contributed by atoms with Gasteiger partial charge in [-0.15, -0.1) is 5.92 Å². The third-order valence-electron chi connectivity index (χ3n) is 2.86. The number of carbonyl (C=O) groups excluding carboxylic acids is 1. The van der Waals surface area contributed by atoms with Crippen LogP contribution in [0.5, 0.6) is 5.75 Å². The SMILES string of the molecule is CCCCCCC#CC(S)c1ccccc1OC(C)=O. The van der Waals surface area contributed by atoms with Crippen molar-refractivity contribution in [3.8, 4) is 17.6 Å². The Labute approximate surface area is 127 Å². The van der Waals surface area contributed by atoms with Crippen LogP contribution in [0.1, 0.15) is 56.8 Å². The van der Waals surface area contributed by atoms with Crippen LogP contribution in [-0.2, 0) is 4.79 Å². The largest absolute Gasteiger partial charge is 0.426 e. The average Bonchev–Trinajstić information content (AvgIpc) is 2.42. The molecular weight excluding hydrogens is 268 g/mol. The predicted molar refractivity (Wildman–Crippen MR) is 86.0 cm³/mol. The van der Waals surface area contributed by atoms with Gasteiger partial charge in [0.25, 0.3) is 0 Å². The molecule has 0 bridgehead atoms. The summed E-state index contributed by atoms with van der Waals surface area (Å²) in [5.41, 5.74) is 0.840. The summed E-state index contributed by atoms with van der Waals surface area (Å²) in [6.07, 6.45) is 5.76. The fourth-order valence-corrected chi connectivity index (χ4v) is 2.15. The lowest BCUT2D eigenvalue weighted by molar-refractivity contribution is -0.131. The third-order valence-corrected chi connectivity index (χ3v) is 3.27. The van der Waals surface area contributed by atoms with Crippen LogP contribution in [0.4, 0.5) is 0 Å². The molecule has 1 atom stereocenters. The van der Waals surface area contributed by atoms with Crippen LogP contribution in [0.25, 0.3) is 0 Å². The number of unbranched alkanes of at least 4 members (excludes halogenated alkanes) is 4. The van der Waals surface area contributed by atoms with E-state index in [-0.39, 0.29) is 11.2 Å². The minimum Gasteiger partial charge on any atom is -0.426 e. The number of hydrogen-bond donors (Lipinski definition) is 1. The molecule has 20 heavy (non-hydrogen) atoms. The van der Waals surface area contributed by atoms with Gasteiger partial charge in [0.15, 0.2) is 0 Å². The quantitative estimate of drug-likeness (QED) is 0.273. The van der Waals surface area contributed by atoms with Crippen molar-refractivity contribution >= 4 is 18.6 Å². The monoisotopic (exact) mass is 290 g/mol. The minimum absolute atomic E-state index is 0.225. The highest BCUT2D eigenvalue weighted by molar-refractivity contribution is 7.80. The van der Waals surface area contributed by atoms with Gasteiger partial charge in [0.1, 0.15) is 5.75 Å². The van der Waals surface area contributed by atoms with E-state index in [4.69, 9.17) is 4.74 Å². The highest BCUT2D eigenvalue weighted by atomic mass is 32.1. The third kappa shape index (κ3) is 6.16. The van der Waals surface area contributed by atoms with E-state index in [0.29, 0.717) is 5.75 Å². The van der Waals surface area contributed by atoms with Crippen molar-refractivity contribution in [1.29, 1.82) is 0 Å². The summed E-state index contributed by atoms with van der Waals surface area (Å²) in [6.45, 7) is 3.59. The molecule has 1 unspecified atom stereocenters. The maximum Gasteiger partial charge on any atom is 0.308 e. The molecule has 108 valence electrons. The summed E-state index contributed by atoms with van der Waals surface area (Å²) in [7, 11) is 0. The molecule has 0 spiro atoms. The predicted octanol–water partition coefficient (Wildman–Crippen LogP) is 4.56. The molecule has 1 aromatic carbocycles. The summed E-state index contributed by atoms with van der Waals surface area (Å²) in [5, 5.41) is -0.225. The molecule has 0 aliphatic carbocycles. The molecule has 0 fully saturated rings. The minimum atomic E-state index is -0.328. The van der Waals surface area contributed by atoms with Gasteiger partial charge in [0.2, 0.25) is 0 Å². The summed E-state index contributed by atoms with van der Waals surface area (Å²) < 4.78 is 5.17. The van der Waals surface area contributed by atoms with Crippen LogP contribution in [0.2, 0.25) is 0 Å². The second-order valence-corrected chi connectivity index (χ2v) is 5.18. The van der Waals surface area contributed by atoms with Crippen LogP contribution in [-0.4, -0.2) is 5.97 Å². The fraction of sp³-hybridized carbons (Fsp3) is 0.471. The highest BCUT2D eigenvalue weighted by Crippen LogP contribution is 2.28. The number of benzene rings is 1. The zero-order valence-corrected chi connectivity index (χ0v) is 13.1. The lowest BCUT2D eigenvalue weighted by atomic mass is 10.1. The number of carbonyl (C=O) groups is 1. The van der Waals surface area contributed by atoms with E-state index in [1.165, 1.54) is 26.2 Å². The smallest absolute Gasteiger partial charge is 0.308 e. The number of rotatable bonds is 6. The number of ether oxygens (including phenoxy) is 1. The van der Waals surface area contributed by atoms with Crippen molar-refractivity contribution < 1.29 is 9.53 Å². The molecule has 0 saturated heterocycles. The standard InChI is InChI=1S/C17H22O2S/c1-3-4-5-6-7-8-13-17(20)15-11-9-10-12-16(15)19-14(2)18/h9-12,17,20H,3-7H2,1-2H3. The summed E-state index contributed by atoms with van der Waals surface area (Å²) >= 11 is 4.49. The van der Waals surface area contributed by atoms with E-state index >= 15 is 0 Å². The molecule has 0 saturated carbocycles. The summed E-state index contributed by atoms with van der Waals surface area (Å²) in [6, 6.07) is 7.39. The Bertz CT molecular complexity index is 485. The molecule has 0 amide bonds. The van der Waals surface area contributed by atoms with Gasteiger partial charge >= 0.3 is 5.97 Å². The Morgan fingerprint density at radius 3 is 2.75 bits per heavy atom. The zero-order chi connectivity index (χ0) is 14.8. The Morgan fingerprint density at radius 2 is 2.05 bits per heavy atom. The topological polar surface area (TPSA) is 26.3 Å².